The lowest BCUT2D eigenvalue weighted by atomic mass is 10.2. The Morgan fingerprint density at radius 3 is 2.71 bits per heavy atom. The fraction of sp³-hybridized carbons (Fsp3) is 0. The fourth-order valence-corrected chi connectivity index (χ4v) is 1.94. The van der Waals surface area contributed by atoms with Gasteiger partial charge < -0.3 is 11.5 Å². The fourth-order valence-electron chi connectivity index (χ4n) is 1.94. The number of nitrogen functional groups attached to an aromatic ring is 2. The number of nitrogens with two attached hydrogens (primary N) is 2. The van der Waals surface area contributed by atoms with Crippen LogP contribution in [0.15, 0.2) is 48.8 Å². The van der Waals surface area contributed by atoms with E-state index in [1.807, 2.05) is 41.1 Å². The minimum absolute atomic E-state index is 0.508. The van der Waals surface area contributed by atoms with Crippen LogP contribution in [0.4, 0.5) is 11.4 Å². The van der Waals surface area contributed by atoms with E-state index < -0.39 is 0 Å². The summed E-state index contributed by atoms with van der Waals surface area (Å²) >= 11 is 0. The number of para-hydroxylation sites is 1. The second-order valence-corrected chi connectivity index (χ2v) is 3.88. The molecule has 0 saturated heterocycles. The molecule has 0 unspecified atom stereocenters. The van der Waals surface area contributed by atoms with Crippen LogP contribution >= 0.6 is 0 Å². The smallest absolute Gasteiger partial charge is 0.162 e. The summed E-state index contributed by atoms with van der Waals surface area (Å²) in [7, 11) is 0. The summed E-state index contributed by atoms with van der Waals surface area (Å²) in [6.45, 7) is 0. The molecular formula is C13H12N4. The lowest BCUT2D eigenvalue weighted by Gasteiger charge is -2.09. The van der Waals surface area contributed by atoms with Crippen LogP contribution in [0.3, 0.4) is 0 Å². The molecule has 4 nitrogen and oxygen atoms in total. The van der Waals surface area contributed by atoms with E-state index in [0.717, 1.165) is 10.9 Å². The molecule has 0 radical (unpaired) electrons. The van der Waals surface area contributed by atoms with Crippen molar-refractivity contribution in [2.45, 2.75) is 0 Å². The van der Waals surface area contributed by atoms with Crippen molar-refractivity contribution in [2.75, 3.05) is 11.5 Å². The number of pyridine rings is 1. The Kier molecular flexibility index (Phi) is 2.01. The standard InChI is InChI=1S/C13H12N4/c14-10-5-7-16-13(12(10)15)17-8-6-9-3-1-2-4-11(9)17/h1-8H,15H2,(H2,14,16). The van der Waals surface area contributed by atoms with E-state index in [1.54, 1.807) is 12.3 Å². The molecule has 2 aromatic heterocycles. The van der Waals surface area contributed by atoms with Crippen LogP contribution in [0.1, 0.15) is 0 Å². The first-order valence-electron chi connectivity index (χ1n) is 5.34. The van der Waals surface area contributed by atoms with Crippen molar-refractivity contribution >= 4 is 22.3 Å². The van der Waals surface area contributed by atoms with Gasteiger partial charge in [-0.05, 0) is 23.6 Å². The molecule has 17 heavy (non-hydrogen) atoms. The number of nitrogens with zero attached hydrogens (tertiary/aromatic N) is 2. The van der Waals surface area contributed by atoms with Crippen LogP contribution in [0.25, 0.3) is 16.7 Å². The number of aromatic nitrogens is 2. The second-order valence-electron chi connectivity index (χ2n) is 3.88. The zero-order chi connectivity index (χ0) is 11.8. The molecule has 0 atom stereocenters. The quantitative estimate of drug-likeness (QED) is 0.665. The summed E-state index contributed by atoms with van der Waals surface area (Å²) in [5, 5.41) is 1.15. The maximum absolute atomic E-state index is 5.96. The van der Waals surface area contributed by atoms with Crippen molar-refractivity contribution in [2.24, 2.45) is 0 Å². The van der Waals surface area contributed by atoms with Crippen LogP contribution in [0.5, 0.6) is 0 Å². The SMILES string of the molecule is Nc1ccnc(-n2ccc3ccccc32)c1N. The van der Waals surface area contributed by atoms with E-state index in [-0.39, 0.29) is 0 Å². The minimum atomic E-state index is 0.508. The third-order valence-electron chi connectivity index (χ3n) is 2.83. The Labute approximate surface area is 98.5 Å². The zero-order valence-corrected chi connectivity index (χ0v) is 9.17. The molecule has 0 aliphatic heterocycles. The lowest BCUT2D eigenvalue weighted by Crippen LogP contribution is -2.04. The third kappa shape index (κ3) is 1.42. The highest BCUT2D eigenvalue weighted by molar-refractivity contribution is 5.83. The molecule has 4 heteroatoms. The summed E-state index contributed by atoms with van der Waals surface area (Å²) in [5.74, 6) is 0.672. The zero-order valence-electron chi connectivity index (χ0n) is 9.17. The molecule has 3 rings (SSSR count). The van der Waals surface area contributed by atoms with Gasteiger partial charge in [0.05, 0.1) is 16.9 Å². The van der Waals surface area contributed by atoms with Gasteiger partial charge in [-0.15, -0.1) is 0 Å². The second kappa shape index (κ2) is 3.52. The summed E-state index contributed by atoms with van der Waals surface area (Å²) in [5.41, 5.74) is 13.9. The van der Waals surface area contributed by atoms with Gasteiger partial charge in [-0.3, -0.25) is 4.57 Å². The lowest BCUT2D eigenvalue weighted by molar-refractivity contribution is 1.05. The highest BCUT2D eigenvalue weighted by atomic mass is 15.1. The predicted octanol–water partition coefficient (Wildman–Crippen LogP) is 2.19. The van der Waals surface area contributed by atoms with Gasteiger partial charge in [0.15, 0.2) is 5.82 Å². The third-order valence-corrected chi connectivity index (χ3v) is 2.83. The molecule has 2 heterocycles. The molecule has 3 aromatic rings. The van der Waals surface area contributed by atoms with E-state index in [4.69, 9.17) is 11.5 Å². The molecule has 0 bridgehead atoms. The number of fused-ring (bicyclic) bond motifs is 1. The number of benzene rings is 1. The van der Waals surface area contributed by atoms with Gasteiger partial charge in [-0.1, -0.05) is 18.2 Å². The number of hydrogen-bond acceptors (Lipinski definition) is 3. The van der Waals surface area contributed by atoms with Crippen molar-refractivity contribution in [1.82, 2.24) is 9.55 Å². The van der Waals surface area contributed by atoms with Crippen molar-refractivity contribution < 1.29 is 0 Å². The van der Waals surface area contributed by atoms with Gasteiger partial charge in [0.2, 0.25) is 0 Å². The molecular weight excluding hydrogens is 212 g/mol. The molecule has 1 aromatic carbocycles. The van der Waals surface area contributed by atoms with Gasteiger partial charge in [0.25, 0.3) is 0 Å². The molecule has 0 fully saturated rings. The monoisotopic (exact) mass is 224 g/mol. The number of rotatable bonds is 1. The Morgan fingerprint density at radius 1 is 1.00 bits per heavy atom. The van der Waals surface area contributed by atoms with Crippen LogP contribution in [0.2, 0.25) is 0 Å². The first-order valence-corrected chi connectivity index (χ1v) is 5.34. The topological polar surface area (TPSA) is 69.9 Å². The molecule has 0 amide bonds. The van der Waals surface area contributed by atoms with Crippen LogP contribution < -0.4 is 11.5 Å². The first-order chi connectivity index (χ1) is 8.27. The van der Waals surface area contributed by atoms with E-state index in [9.17, 15) is 0 Å². The van der Waals surface area contributed by atoms with E-state index in [1.165, 1.54) is 0 Å². The summed E-state index contributed by atoms with van der Waals surface area (Å²) in [4.78, 5) is 4.29. The Hall–Kier alpha value is -2.49. The number of anilines is 2. The van der Waals surface area contributed by atoms with Gasteiger partial charge >= 0.3 is 0 Å². The van der Waals surface area contributed by atoms with Crippen LogP contribution in [-0.4, -0.2) is 9.55 Å². The molecule has 0 spiro atoms. The Morgan fingerprint density at radius 2 is 1.82 bits per heavy atom. The van der Waals surface area contributed by atoms with Crippen molar-refractivity contribution in [3.63, 3.8) is 0 Å². The highest BCUT2D eigenvalue weighted by Gasteiger charge is 2.08. The first kappa shape index (κ1) is 9.72. The average Bonchev–Trinajstić information content (AvgIpc) is 2.77. The molecule has 84 valence electrons. The highest BCUT2D eigenvalue weighted by Crippen LogP contribution is 2.25. The van der Waals surface area contributed by atoms with Gasteiger partial charge in [-0.25, -0.2) is 4.98 Å². The summed E-state index contributed by atoms with van der Waals surface area (Å²) in [6.07, 6.45) is 3.61. The van der Waals surface area contributed by atoms with E-state index >= 15 is 0 Å². The minimum Gasteiger partial charge on any atom is -0.397 e. The predicted molar refractivity (Wildman–Crippen MR) is 69.9 cm³/mol. The van der Waals surface area contributed by atoms with E-state index in [2.05, 4.69) is 4.98 Å². The number of hydrogen-bond donors (Lipinski definition) is 2. The van der Waals surface area contributed by atoms with Gasteiger partial charge in [0, 0.05) is 12.4 Å². The maximum atomic E-state index is 5.96. The summed E-state index contributed by atoms with van der Waals surface area (Å²) < 4.78 is 1.95. The van der Waals surface area contributed by atoms with Gasteiger partial charge in [0.1, 0.15) is 0 Å². The van der Waals surface area contributed by atoms with Crippen LogP contribution in [0, 0.1) is 0 Å². The van der Waals surface area contributed by atoms with E-state index in [0.29, 0.717) is 17.2 Å². The average molecular weight is 224 g/mol. The van der Waals surface area contributed by atoms with Crippen molar-refractivity contribution in [3.8, 4) is 5.82 Å². The normalized spacial score (nSPS) is 10.8. The Bertz CT molecular complexity index is 685. The molecule has 0 aliphatic carbocycles. The van der Waals surface area contributed by atoms with Crippen LogP contribution in [-0.2, 0) is 0 Å². The molecule has 0 saturated carbocycles. The Balaban J connectivity index is 2.31. The molecule has 4 N–H and O–H groups in total. The summed E-state index contributed by atoms with van der Waals surface area (Å²) in [6, 6.07) is 11.8. The van der Waals surface area contributed by atoms with Crippen molar-refractivity contribution in [1.29, 1.82) is 0 Å². The van der Waals surface area contributed by atoms with Gasteiger partial charge in [-0.2, -0.15) is 0 Å². The van der Waals surface area contributed by atoms with Crippen molar-refractivity contribution in [3.05, 3.63) is 48.8 Å². The maximum Gasteiger partial charge on any atom is 0.162 e. The molecule has 0 aliphatic rings. The largest absolute Gasteiger partial charge is 0.397 e.